The van der Waals surface area contributed by atoms with Gasteiger partial charge in [0.05, 0.1) is 0 Å². The summed E-state index contributed by atoms with van der Waals surface area (Å²) >= 11 is 0. The van der Waals surface area contributed by atoms with E-state index in [1.807, 2.05) is 0 Å². The Bertz CT molecular complexity index is 1200. The number of carbonyl (C=O) groups is 2. The molecule has 6 N–H and O–H groups in total. The summed E-state index contributed by atoms with van der Waals surface area (Å²) in [7, 11) is 0. The molecule has 0 radical (unpaired) electrons. The molecule has 3 rings (SSSR count). The standard InChI is InChI=1S/C23H25N5O5/c1-23(2,3)33-22(30)31-12-18(25)21(29)27-13-4-6-14(7-5-13)32-15-8-9-19-16(10-15)17(11-24)20(26)28-19/h4-10,18,28H,12,25-26H2,1-3H3,(H,27,29)/t18-/m0/s1. The van der Waals surface area contributed by atoms with E-state index in [1.54, 1.807) is 63.2 Å². The van der Waals surface area contributed by atoms with Gasteiger partial charge in [-0.1, -0.05) is 0 Å². The van der Waals surface area contributed by atoms with Gasteiger partial charge in [0.1, 0.15) is 47.2 Å². The van der Waals surface area contributed by atoms with Crippen molar-refractivity contribution >= 4 is 34.5 Å². The van der Waals surface area contributed by atoms with E-state index in [2.05, 4.69) is 16.4 Å². The van der Waals surface area contributed by atoms with Gasteiger partial charge < -0.3 is 36.0 Å². The van der Waals surface area contributed by atoms with Gasteiger partial charge in [0, 0.05) is 16.6 Å². The number of hydrogen-bond acceptors (Lipinski definition) is 8. The molecule has 10 heteroatoms. The number of H-pyrrole nitrogens is 1. The van der Waals surface area contributed by atoms with Gasteiger partial charge in [-0.25, -0.2) is 4.79 Å². The van der Waals surface area contributed by atoms with Crippen molar-refractivity contribution in [2.24, 2.45) is 5.73 Å². The molecule has 10 nitrogen and oxygen atoms in total. The van der Waals surface area contributed by atoms with Crippen molar-refractivity contribution < 1.29 is 23.8 Å². The van der Waals surface area contributed by atoms with Crippen LogP contribution in [-0.2, 0) is 14.3 Å². The summed E-state index contributed by atoms with van der Waals surface area (Å²) < 4.78 is 15.7. The van der Waals surface area contributed by atoms with E-state index in [1.165, 1.54) is 0 Å². The molecule has 0 spiro atoms. The molecule has 0 fully saturated rings. The molecule has 2 aromatic carbocycles. The van der Waals surface area contributed by atoms with E-state index in [4.69, 9.17) is 25.7 Å². The van der Waals surface area contributed by atoms with E-state index in [-0.39, 0.29) is 6.61 Å². The zero-order valence-corrected chi connectivity index (χ0v) is 18.5. The number of aromatic amines is 1. The van der Waals surface area contributed by atoms with Crippen LogP contribution in [0.1, 0.15) is 26.3 Å². The lowest BCUT2D eigenvalue weighted by Gasteiger charge is -2.19. The second-order valence-corrected chi connectivity index (χ2v) is 8.23. The van der Waals surface area contributed by atoms with E-state index in [0.29, 0.717) is 34.0 Å². The Labute approximate surface area is 190 Å². The topological polar surface area (TPSA) is 165 Å². The number of nitrogens with one attached hydrogen (secondary N) is 2. The fourth-order valence-electron chi connectivity index (χ4n) is 2.87. The second kappa shape index (κ2) is 9.50. The minimum absolute atomic E-state index is 0.305. The predicted molar refractivity (Wildman–Crippen MR) is 123 cm³/mol. The van der Waals surface area contributed by atoms with Crippen LogP contribution in [0.3, 0.4) is 0 Å². The highest BCUT2D eigenvalue weighted by Gasteiger charge is 2.21. The minimum Gasteiger partial charge on any atom is -0.457 e. The Morgan fingerprint density at radius 1 is 1.15 bits per heavy atom. The summed E-state index contributed by atoms with van der Waals surface area (Å²) in [5.74, 6) is 0.828. The van der Waals surface area contributed by atoms with Crippen LogP contribution in [0.4, 0.5) is 16.3 Å². The highest BCUT2D eigenvalue weighted by Crippen LogP contribution is 2.30. The van der Waals surface area contributed by atoms with Crippen LogP contribution in [0.15, 0.2) is 42.5 Å². The molecule has 1 aromatic heterocycles. The largest absolute Gasteiger partial charge is 0.508 e. The van der Waals surface area contributed by atoms with Gasteiger partial charge in [-0.3, -0.25) is 4.79 Å². The van der Waals surface area contributed by atoms with Gasteiger partial charge >= 0.3 is 6.16 Å². The van der Waals surface area contributed by atoms with Gasteiger partial charge in [0.25, 0.3) is 0 Å². The summed E-state index contributed by atoms with van der Waals surface area (Å²) in [6.07, 6.45) is -0.894. The quantitative estimate of drug-likeness (QED) is 0.412. The number of anilines is 2. The lowest BCUT2D eigenvalue weighted by atomic mass is 10.1. The number of rotatable bonds is 6. The van der Waals surface area contributed by atoms with Gasteiger partial charge in [0.15, 0.2) is 0 Å². The van der Waals surface area contributed by atoms with Crippen LogP contribution in [0, 0.1) is 11.3 Å². The molecule has 33 heavy (non-hydrogen) atoms. The molecular weight excluding hydrogens is 426 g/mol. The average Bonchev–Trinajstić information content (AvgIpc) is 3.06. The highest BCUT2D eigenvalue weighted by molar-refractivity contribution is 5.95. The molecule has 1 atom stereocenters. The summed E-state index contributed by atoms with van der Waals surface area (Å²) in [6.45, 7) is 4.78. The number of nitrogen functional groups attached to an aromatic ring is 1. The maximum absolute atomic E-state index is 12.2. The summed E-state index contributed by atoms with van der Waals surface area (Å²) in [4.78, 5) is 26.7. The highest BCUT2D eigenvalue weighted by atomic mass is 16.7. The van der Waals surface area contributed by atoms with Gasteiger partial charge in [-0.15, -0.1) is 0 Å². The number of ether oxygens (including phenoxy) is 3. The van der Waals surface area contributed by atoms with Crippen LogP contribution in [-0.4, -0.2) is 35.3 Å². The van der Waals surface area contributed by atoms with Gasteiger partial charge in [0.2, 0.25) is 5.91 Å². The first-order valence-electron chi connectivity index (χ1n) is 10.1. The van der Waals surface area contributed by atoms with Crippen molar-refractivity contribution in [3.63, 3.8) is 0 Å². The zero-order valence-electron chi connectivity index (χ0n) is 18.5. The Morgan fingerprint density at radius 2 is 1.82 bits per heavy atom. The average molecular weight is 451 g/mol. The Kier molecular flexibility index (Phi) is 6.75. The van der Waals surface area contributed by atoms with Crippen LogP contribution in [0.5, 0.6) is 11.5 Å². The summed E-state index contributed by atoms with van der Waals surface area (Å²) in [6, 6.07) is 12.9. The van der Waals surface area contributed by atoms with Crippen LogP contribution in [0.25, 0.3) is 10.9 Å². The molecule has 0 aliphatic rings. The van der Waals surface area contributed by atoms with Crippen LogP contribution in [0.2, 0.25) is 0 Å². The number of nitrogens with two attached hydrogens (primary N) is 2. The Hall–Kier alpha value is -4.23. The lowest BCUT2D eigenvalue weighted by Crippen LogP contribution is -2.40. The summed E-state index contributed by atoms with van der Waals surface area (Å²) in [5, 5.41) is 12.6. The Morgan fingerprint density at radius 3 is 2.45 bits per heavy atom. The van der Waals surface area contributed by atoms with Crippen molar-refractivity contribution in [1.29, 1.82) is 5.26 Å². The Balaban J connectivity index is 1.57. The third-order valence-electron chi connectivity index (χ3n) is 4.38. The van der Waals surface area contributed by atoms with Crippen molar-refractivity contribution in [2.75, 3.05) is 17.7 Å². The number of amides is 1. The maximum atomic E-state index is 12.2. The number of fused-ring (bicyclic) bond motifs is 1. The molecule has 1 heterocycles. The van der Waals surface area contributed by atoms with E-state index >= 15 is 0 Å². The third kappa shape index (κ3) is 6.15. The van der Waals surface area contributed by atoms with Gasteiger partial charge in [-0.05, 0) is 63.2 Å². The number of nitriles is 1. The second-order valence-electron chi connectivity index (χ2n) is 8.23. The molecule has 1 amide bonds. The molecule has 0 aliphatic carbocycles. The molecular formula is C23H25N5O5. The lowest BCUT2D eigenvalue weighted by molar-refractivity contribution is -0.118. The van der Waals surface area contributed by atoms with E-state index in [0.717, 1.165) is 5.52 Å². The first-order chi connectivity index (χ1) is 15.6. The fourth-order valence-corrected chi connectivity index (χ4v) is 2.87. The van der Waals surface area contributed by atoms with Crippen molar-refractivity contribution in [1.82, 2.24) is 4.98 Å². The molecule has 172 valence electrons. The molecule has 0 saturated heterocycles. The number of nitrogens with zero attached hydrogens (tertiary/aromatic N) is 1. The fraction of sp³-hybridized carbons (Fsp3) is 0.261. The molecule has 0 unspecified atom stereocenters. The number of hydrogen-bond donors (Lipinski definition) is 4. The molecule has 3 aromatic rings. The number of aromatic nitrogens is 1. The third-order valence-corrected chi connectivity index (χ3v) is 4.38. The van der Waals surface area contributed by atoms with Crippen LogP contribution < -0.4 is 21.5 Å². The van der Waals surface area contributed by atoms with E-state index < -0.39 is 23.7 Å². The van der Waals surface area contributed by atoms with Crippen molar-refractivity contribution in [2.45, 2.75) is 32.4 Å². The first-order valence-corrected chi connectivity index (χ1v) is 10.1. The predicted octanol–water partition coefficient (Wildman–Crippen LogP) is 3.63. The number of benzene rings is 2. The van der Waals surface area contributed by atoms with Crippen molar-refractivity contribution in [3.8, 4) is 17.6 Å². The van der Waals surface area contributed by atoms with Crippen LogP contribution >= 0.6 is 0 Å². The smallest absolute Gasteiger partial charge is 0.457 e. The maximum Gasteiger partial charge on any atom is 0.508 e. The van der Waals surface area contributed by atoms with E-state index in [9.17, 15) is 14.9 Å². The zero-order chi connectivity index (χ0) is 24.2. The number of carbonyl (C=O) groups excluding carboxylic acids is 2. The monoisotopic (exact) mass is 451 g/mol. The molecule has 0 saturated carbocycles. The minimum atomic E-state index is -1.07. The molecule has 0 aliphatic heterocycles. The van der Waals surface area contributed by atoms with Crippen molar-refractivity contribution in [3.05, 3.63) is 48.0 Å². The normalized spacial score (nSPS) is 12.0. The van der Waals surface area contributed by atoms with Gasteiger partial charge in [-0.2, -0.15) is 5.26 Å². The molecule has 0 bridgehead atoms. The SMILES string of the molecule is CC(C)(C)OC(=O)OC[C@H](N)C(=O)Nc1ccc(Oc2ccc3[nH]c(N)c(C#N)c3c2)cc1. The first kappa shape index (κ1) is 23.4. The summed E-state index contributed by atoms with van der Waals surface area (Å²) in [5.41, 5.74) is 12.5.